The first-order valence-electron chi connectivity index (χ1n) is 5.51. The van der Waals surface area contributed by atoms with Gasteiger partial charge in [0.25, 0.3) is 0 Å². The fourth-order valence-corrected chi connectivity index (χ4v) is 1.80. The Bertz CT molecular complexity index is 574. The third-order valence-electron chi connectivity index (χ3n) is 2.43. The first kappa shape index (κ1) is 12.7. The predicted molar refractivity (Wildman–Crippen MR) is 67.8 cm³/mol. The van der Waals surface area contributed by atoms with Crippen molar-refractivity contribution in [3.8, 4) is 0 Å². The minimum absolute atomic E-state index is 0.190. The van der Waals surface area contributed by atoms with E-state index in [-0.39, 0.29) is 11.8 Å². The number of hydrogen-bond acceptors (Lipinski definition) is 4. The van der Waals surface area contributed by atoms with Crippen LogP contribution in [0, 0.1) is 5.82 Å². The molecule has 2 aromatic rings. The smallest absolute Gasteiger partial charge is 0.223 e. The first-order valence-corrected chi connectivity index (χ1v) is 5.89. The lowest BCUT2D eigenvalue weighted by Crippen LogP contribution is -2.07. The van der Waals surface area contributed by atoms with Crippen molar-refractivity contribution in [1.82, 2.24) is 15.0 Å². The van der Waals surface area contributed by atoms with E-state index in [1.807, 2.05) is 6.92 Å². The summed E-state index contributed by atoms with van der Waals surface area (Å²) in [7, 11) is 0. The van der Waals surface area contributed by atoms with E-state index in [1.54, 1.807) is 6.07 Å². The number of hydrogen-bond donors (Lipinski definition) is 1. The minimum atomic E-state index is -0.367. The molecule has 0 radical (unpaired) electrons. The fraction of sp³-hybridized carbons (Fsp3) is 0.250. The maximum absolute atomic E-state index is 12.9. The molecule has 0 bridgehead atoms. The third kappa shape index (κ3) is 2.92. The molecule has 0 atom stereocenters. The van der Waals surface area contributed by atoms with Crippen LogP contribution in [-0.4, -0.2) is 15.0 Å². The van der Waals surface area contributed by atoms with Crippen LogP contribution in [0.15, 0.2) is 18.2 Å². The molecule has 0 unspecified atom stereocenters. The zero-order valence-electron chi connectivity index (χ0n) is 9.82. The van der Waals surface area contributed by atoms with Crippen LogP contribution in [0.3, 0.4) is 0 Å². The van der Waals surface area contributed by atoms with Gasteiger partial charge in [0.05, 0.1) is 0 Å². The molecular weight excluding hydrogens is 255 g/mol. The van der Waals surface area contributed by atoms with Gasteiger partial charge in [0.1, 0.15) is 17.5 Å². The largest absolute Gasteiger partial charge is 0.368 e. The second-order valence-electron chi connectivity index (χ2n) is 3.79. The van der Waals surface area contributed by atoms with Gasteiger partial charge >= 0.3 is 0 Å². The zero-order chi connectivity index (χ0) is 13.1. The number of halogens is 2. The number of benzene rings is 1. The van der Waals surface area contributed by atoms with Crippen molar-refractivity contribution in [3.63, 3.8) is 0 Å². The second-order valence-corrected chi connectivity index (χ2v) is 4.20. The lowest BCUT2D eigenvalue weighted by atomic mass is 10.1. The van der Waals surface area contributed by atoms with Crippen LogP contribution >= 0.6 is 11.6 Å². The number of anilines is 1. The van der Waals surface area contributed by atoms with Crippen molar-refractivity contribution in [2.24, 2.45) is 0 Å². The molecule has 0 spiro atoms. The van der Waals surface area contributed by atoms with Crippen molar-refractivity contribution < 1.29 is 4.39 Å². The molecule has 1 aromatic heterocycles. The topological polar surface area (TPSA) is 64.7 Å². The van der Waals surface area contributed by atoms with Crippen LogP contribution in [0.1, 0.15) is 24.1 Å². The van der Waals surface area contributed by atoms with Gasteiger partial charge in [0, 0.05) is 17.9 Å². The Labute approximate surface area is 109 Å². The second kappa shape index (κ2) is 5.27. The van der Waals surface area contributed by atoms with Gasteiger partial charge in [-0.05, 0) is 17.7 Å². The van der Waals surface area contributed by atoms with E-state index < -0.39 is 0 Å². The molecule has 1 aromatic carbocycles. The van der Waals surface area contributed by atoms with E-state index in [0.29, 0.717) is 29.5 Å². The quantitative estimate of drug-likeness (QED) is 0.926. The van der Waals surface area contributed by atoms with Crippen LogP contribution < -0.4 is 5.73 Å². The molecule has 18 heavy (non-hydrogen) atoms. The summed E-state index contributed by atoms with van der Waals surface area (Å²) in [5.41, 5.74) is 6.35. The Balaban J connectivity index is 2.30. The van der Waals surface area contributed by atoms with E-state index in [1.165, 1.54) is 12.1 Å². The Morgan fingerprint density at radius 1 is 1.22 bits per heavy atom. The Hall–Kier alpha value is -1.75. The molecule has 0 aliphatic carbocycles. The molecule has 6 heteroatoms. The highest BCUT2D eigenvalue weighted by atomic mass is 35.5. The number of rotatable bonds is 3. The fourth-order valence-electron chi connectivity index (χ4n) is 1.56. The summed E-state index contributed by atoms with van der Waals surface area (Å²) in [6, 6.07) is 4.23. The van der Waals surface area contributed by atoms with E-state index in [9.17, 15) is 4.39 Å². The van der Waals surface area contributed by atoms with Crippen molar-refractivity contribution in [2.75, 3.05) is 5.73 Å². The Morgan fingerprint density at radius 3 is 2.61 bits per heavy atom. The molecule has 2 rings (SSSR count). The average Bonchev–Trinajstić information content (AvgIpc) is 2.32. The van der Waals surface area contributed by atoms with Crippen LogP contribution in [0.5, 0.6) is 0 Å². The van der Waals surface area contributed by atoms with Crippen molar-refractivity contribution in [2.45, 2.75) is 19.8 Å². The van der Waals surface area contributed by atoms with E-state index in [4.69, 9.17) is 17.3 Å². The Kier molecular flexibility index (Phi) is 3.72. The van der Waals surface area contributed by atoms with E-state index >= 15 is 0 Å². The molecular formula is C12H12ClFN4. The van der Waals surface area contributed by atoms with Crippen LogP contribution in [0.4, 0.5) is 10.3 Å². The molecule has 0 saturated carbocycles. The molecule has 0 fully saturated rings. The number of nitrogen functional groups attached to an aromatic ring is 1. The van der Waals surface area contributed by atoms with Crippen LogP contribution in [-0.2, 0) is 12.8 Å². The maximum Gasteiger partial charge on any atom is 0.223 e. The molecule has 2 N–H and O–H groups in total. The first-order chi connectivity index (χ1) is 8.58. The molecule has 94 valence electrons. The molecule has 0 amide bonds. The minimum Gasteiger partial charge on any atom is -0.368 e. The van der Waals surface area contributed by atoms with Gasteiger partial charge < -0.3 is 5.73 Å². The van der Waals surface area contributed by atoms with Gasteiger partial charge in [0.2, 0.25) is 5.95 Å². The summed E-state index contributed by atoms with van der Waals surface area (Å²) in [5.74, 6) is 0.992. The lowest BCUT2D eigenvalue weighted by molar-refractivity contribution is 0.627. The number of aromatic nitrogens is 3. The summed E-state index contributed by atoms with van der Waals surface area (Å²) in [6.45, 7) is 1.93. The van der Waals surface area contributed by atoms with Gasteiger partial charge in [0.15, 0.2) is 0 Å². The summed E-state index contributed by atoms with van der Waals surface area (Å²) in [6.07, 6.45) is 1.08. The normalized spacial score (nSPS) is 10.6. The third-order valence-corrected chi connectivity index (χ3v) is 2.78. The van der Waals surface area contributed by atoms with Crippen LogP contribution in [0.2, 0.25) is 5.02 Å². The van der Waals surface area contributed by atoms with E-state index in [0.717, 1.165) is 5.56 Å². The van der Waals surface area contributed by atoms with Gasteiger partial charge in [-0.25, -0.2) is 9.37 Å². The molecule has 0 saturated heterocycles. The van der Waals surface area contributed by atoms with Gasteiger partial charge in [-0.15, -0.1) is 0 Å². The lowest BCUT2D eigenvalue weighted by Gasteiger charge is -2.05. The summed E-state index contributed by atoms with van der Waals surface area (Å²) in [5, 5.41) is 0.354. The molecule has 1 heterocycles. The number of aryl methyl sites for hydroxylation is 1. The maximum atomic E-state index is 12.9. The molecule has 0 aliphatic rings. The van der Waals surface area contributed by atoms with Crippen LogP contribution in [0.25, 0.3) is 0 Å². The van der Waals surface area contributed by atoms with Crippen molar-refractivity contribution >= 4 is 17.5 Å². The highest BCUT2D eigenvalue weighted by molar-refractivity contribution is 6.31. The van der Waals surface area contributed by atoms with Gasteiger partial charge in [-0.1, -0.05) is 24.6 Å². The average molecular weight is 267 g/mol. The summed E-state index contributed by atoms with van der Waals surface area (Å²) < 4.78 is 12.9. The predicted octanol–water partition coefficient (Wildman–Crippen LogP) is 2.40. The highest BCUT2D eigenvalue weighted by Crippen LogP contribution is 2.19. The number of nitrogens with two attached hydrogens (primary N) is 1. The van der Waals surface area contributed by atoms with Crippen molar-refractivity contribution in [1.29, 1.82) is 0 Å². The monoisotopic (exact) mass is 266 g/mol. The van der Waals surface area contributed by atoms with Crippen molar-refractivity contribution in [3.05, 3.63) is 46.3 Å². The molecule has 0 aliphatic heterocycles. The van der Waals surface area contributed by atoms with Gasteiger partial charge in [-0.3, -0.25) is 0 Å². The highest BCUT2D eigenvalue weighted by Gasteiger charge is 2.08. The summed E-state index contributed by atoms with van der Waals surface area (Å²) >= 11 is 5.95. The summed E-state index contributed by atoms with van der Waals surface area (Å²) in [4.78, 5) is 12.3. The zero-order valence-corrected chi connectivity index (χ0v) is 10.6. The standard InChI is InChI=1S/C12H12ClFN4/c1-2-10-16-11(18-12(15)17-10)5-7-3-4-8(14)6-9(7)13/h3-4,6H,2,5H2,1H3,(H2,15,16,17,18). The SMILES string of the molecule is CCc1nc(N)nc(Cc2ccc(F)cc2Cl)n1. The van der Waals surface area contributed by atoms with E-state index in [2.05, 4.69) is 15.0 Å². The van der Waals surface area contributed by atoms with Gasteiger partial charge in [-0.2, -0.15) is 9.97 Å². The Morgan fingerprint density at radius 2 is 1.94 bits per heavy atom. The molecule has 4 nitrogen and oxygen atoms in total. The number of nitrogens with zero attached hydrogens (tertiary/aromatic N) is 3.